The Morgan fingerprint density at radius 2 is 0.966 bits per heavy atom. The minimum Gasteiger partial charge on any atom is -0.309 e. The van der Waals surface area contributed by atoms with Gasteiger partial charge in [-0.25, -0.2) is 0 Å². The van der Waals surface area contributed by atoms with Gasteiger partial charge in [-0.15, -0.1) is 0 Å². The largest absolute Gasteiger partial charge is 0.309 e. The molecule has 10 aromatic rings. The molecule has 0 saturated heterocycles. The van der Waals surface area contributed by atoms with Crippen LogP contribution < -0.4 is 0 Å². The Morgan fingerprint density at radius 3 is 1.76 bits per heavy atom. The maximum absolute atomic E-state index is 2.56. The fourth-order valence-corrected chi connectivity index (χ4v) is 11.3. The van der Waals surface area contributed by atoms with Crippen LogP contribution in [0.15, 0.2) is 158 Å². The number of fused-ring (bicyclic) bond motifs is 12. The molecule has 0 bridgehead atoms. The van der Waals surface area contributed by atoms with Gasteiger partial charge < -0.3 is 9.13 Å². The molecule has 0 spiro atoms. The smallest absolute Gasteiger partial charge is 0.0549 e. The van der Waals surface area contributed by atoms with Crippen molar-refractivity contribution in [2.24, 2.45) is 0 Å². The van der Waals surface area contributed by atoms with Crippen molar-refractivity contribution >= 4 is 54.4 Å². The summed E-state index contributed by atoms with van der Waals surface area (Å²) in [6.07, 6.45) is 2.38. The van der Waals surface area contributed by atoms with E-state index >= 15 is 0 Å². The van der Waals surface area contributed by atoms with Gasteiger partial charge in [-0.3, -0.25) is 0 Å². The van der Waals surface area contributed by atoms with Crippen LogP contribution in [-0.4, -0.2) is 9.13 Å². The van der Waals surface area contributed by atoms with E-state index in [-0.39, 0.29) is 16.2 Å². The topological polar surface area (TPSA) is 9.86 Å². The highest BCUT2D eigenvalue weighted by atomic mass is 15.0. The van der Waals surface area contributed by atoms with Gasteiger partial charge >= 0.3 is 0 Å². The van der Waals surface area contributed by atoms with E-state index in [9.17, 15) is 0 Å². The molecule has 2 aliphatic rings. The lowest BCUT2D eigenvalue weighted by Crippen LogP contribution is -2.33. The fraction of sp³-hybridized carbons (Fsp3) is 0.193. The zero-order valence-corrected chi connectivity index (χ0v) is 34.8. The normalized spacial score (nSPS) is 16.2. The third-order valence-corrected chi connectivity index (χ3v) is 14.6. The molecule has 59 heavy (non-hydrogen) atoms. The van der Waals surface area contributed by atoms with E-state index < -0.39 is 0 Å². The van der Waals surface area contributed by atoms with Crippen molar-refractivity contribution in [3.63, 3.8) is 0 Å². The van der Waals surface area contributed by atoms with Crippen LogP contribution in [0.25, 0.3) is 88.0 Å². The number of nitrogens with zero attached hydrogens (tertiary/aromatic N) is 2. The predicted molar refractivity (Wildman–Crippen MR) is 251 cm³/mol. The van der Waals surface area contributed by atoms with Crippen LogP contribution in [0.1, 0.15) is 76.6 Å². The lowest BCUT2D eigenvalue weighted by Gasteiger charge is -2.42. The Morgan fingerprint density at radius 1 is 0.390 bits per heavy atom. The molecule has 2 heteroatoms. The lowest BCUT2D eigenvalue weighted by molar-refractivity contribution is 0.332. The van der Waals surface area contributed by atoms with Crippen LogP contribution in [0.2, 0.25) is 0 Å². The molecule has 2 aromatic heterocycles. The molecule has 0 fully saturated rings. The van der Waals surface area contributed by atoms with E-state index in [1.54, 1.807) is 0 Å². The summed E-state index contributed by atoms with van der Waals surface area (Å²) in [6.45, 7) is 14.5. The molecule has 0 atom stereocenters. The molecule has 12 rings (SSSR count). The van der Waals surface area contributed by atoms with Gasteiger partial charge in [0.2, 0.25) is 0 Å². The first-order valence-electron chi connectivity index (χ1n) is 21.4. The van der Waals surface area contributed by atoms with Crippen molar-refractivity contribution in [2.45, 2.75) is 70.6 Å². The first kappa shape index (κ1) is 34.6. The zero-order chi connectivity index (χ0) is 40.0. The highest BCUT2D eigenvalue weighted by molar-refractivity contribution is 6.25. The Balaban J connectivity index is 1.15. The van der Waals surface area contributed by atoms with E-state index in [4.69, 9.17) is 0 Å². The molecule has 0 radical (unpaired) electrons. The van der Waals surface area contributed by atoms with Gasteiger partial charge in [0.1, 0.15) is 0 Å². The first-order chi connectivity index (χ1) is 28.5. The third-order valence-electron chi connectivity index (χ3n) is 14.6. The maximum atomic E-state index is 2.56. The summed E-state index contributed by atoms with van der Waals surface area (Å²) in [5, 5.41) is 7.75. The van der Waals surface area contributed by atoms with Gasteiger partial charge in [0.15, 0.2) is 0 Å². The molecule has 0 unspecified atom stereocenters. The van der Waals surface area contributed by atoms with Gasteiger partial charge in [0, 0.05) is 38.3 Å². The van der Waals surface area contributed by atoms with E-state index in [2.05, 4.69) is 208 Å². The van der Waals surface area contributed by atoms with Crippen molar-refractivity contribution < 1.29 is 0 Å². The molecule has 0 amide bonds. The molecular formula is C57H48N2. The fourth-order valence-electron chi connectivity index (χ4n) is 11.3. The Bertz CT molecular complexity index is 3390. The highest BCUT2D eigenvalue weighted by Gasteiger charge is 2.39. The van der Waals surface area contributed by atoms with E-state index in [1.807, 2.05) is 0 Å². The number of aromatic nitrogens is 2. The summed E-state index contributed by atoms with van der Waals surface area (Å²) < 4.78 is 5.05. The summed E-state index contributed by atoms with van der Waals surface area (Å²) in [6, 6.07) is 59.8. The number of benzene rings is 8. The molecule has 0 aliphatic heterocycles. The number of para-hydroxylation sites is 1. The maximum Gasteiger partial charge on any atom is 0.0549 e. The van der Waals surface area contributed by atoms with Gasteiger partial charge in [0.05, 0.1) is 22.1 Å². The van der Waals surface area contributed by atoms with Crippen LogP contribution in [0.4, 0.5) is 0 Å². The van der Waals surface area contributed by atoms with Crippen molar-refractivity contribution in [2.75, 3.05) is 0 Å². The van der Waals surface area contributed by atoms with Crippen LogP contribution in [0, 0.1) is 0 Å². The van der Waals surface area contributed by atoms with Gasteiger partial charge in [-0.2, -0.15) is 0 Å². The van der Waals surface area contributed by atoms with Crippen molar-refractivity contribution in [1.82, 2.24) is 9.13 Å². The second-order valence-corrected chi connectivity index (χ2v) is 19.2. The van der Waals surface area contributed by atoms with Crippen LogP contribution in [-0.2, 0) is 16.2 Å². The standard InChI is InChI=1S/C57H48N2/c1-55(2)29-30-56(3,4)48-34-52-42(31-47(48)55)43-32-51-44(33-50(43)59(52)37-16-8-7-9-17-37)54-40-18-11-10-15-35(40)25-28-49(54)58(51)38-26-23-36(24-27-38)39-20-14-22-46-53(39)41-19-12-13-21-45(41)57(46,5)6/h7-28,31-34H,29-30H2,1-6H3. The summed E-state index contributed by atoms with van der Waals surface area (Å²) >= 11 is 0. The Kier molecular flexibility index (Phi) is 6.96. The molecule has 8 aromatic carbocycles. The minimum atomic E-state index is -0.0339. The second kappa shape index (κ2) is 11.9. The molecular weight excluding hydrogens is 713 g/mol. The lowest BCUT2D eigenvalue weighted by atomic mass is 9.63. The Labute approximate surface area is 346 Å². The van der Waals surface area contributed by atoms with Crippen molar-refractivity contribution in [1.29, 1.82) is 0 Å². The SMILES string of the molecule is CC1(C)CCC(C)(C)c2cc3c(cc21)c1cc2c(cc1n3-c1ccccc1)c1c3ccccc3ccc1n2-c1ccc(-c2cccc3c2-c2ccccc2C3(C)C)cc1. The summed E-state index contributed by atoms with van der Waals surface area (Å²) in [5.41, 5.74) is 18.6. The summed E-state index contributed by atoms with van der Waals surface area (Å²) in [7, 11) is 0. The Hall–Kier alpha value is -6.38. The van der Waals surface area contributed by atoms with Gasteiger partial charge in [-0.05, 0) is 134 Å². The molecule has 2 nitrogen and oxygen atoms in total. The van der Waals surface area contributed by atoms with E-state index in [0.717, 1.165) is 0 Å². The summed E-state index contributed by atoms with van der Waals surface area (Å²) in [5.74, 6) is 0. The molecule has 0 saturated carbocycles. The van der Waals surface area contributed by atoms with Gasteiger partial charge in [-0.1, -0.05) is 145 Å². The van der Waals surface area contributed by atoms with E-state index in [1.165, 1.54) is 123 Å². The average molecular weight is 761 g/mol. The second-order valence-electron chi connectivity index (χ2n) is 19.2. The predicted octanol–water partition coefficient (Wildman–Crippen LogP) is 15.4. The molecule has 0 N–H and O–H groups in total. The summed E-state index contributed by atoms with van der Waals surface area (Å²) in [4.78, 5) is 0. The zero-order valence-electron chi connectivity index (χ0n) is 34.8. The van der Waals surface area contributed by atoms with Crippen LogP contribution in [0.3, 0.4) is 0 Å². The number of hydrogen-bond donors (Lipinski definition) is 0. The number of rotatable bonds is 3. The quantitative estimate of drug-likeness (QED) is 0.170. The number of hydrogen-bond acceptors (Lipinski definition) is 0. The molecule has 2 heterocycles. The first-order valence-corrected chi connectivity index (χ1v) is 21.4. The average Bonchev–Trinajstić information content (AvgIpc) is 3.84. The minimum absolute atomic E-state index is 0.0339. The van der Waals surface area contributed by atoms with Gasteiger partial charge in [0.25, 0.3) is 0 Å². The monoisotopic (exact) mass is 760 g/mol. The highest BCUT2D eigenvalue weighted by Crippen LogP contribution is 2.53. The van der Waals surface area contributed by atoms with Crippen molar-refractivity contribution in [3.8, 4) is 33.6 Å². The molecule has 2 aliphatic carbocycles. The molecule has 286 valence electrons. The van der Waals surface area contributed by atoms with Crippen molar-refractivity contribution in [3.05, 3.63) is 180 Å². The van der Waals surface area contributed by atoms with Crippen LogP contribution >= 0.6 is 0 Å². The van der Waals surface area contributed by atoms with E-state index in [0.29, 0.717) is 0 Å². The third kappa shape index (κ3) is 4.75. The van der Waals surface area contributed by atoms with Crippen LogP contribution in [0.5, 0.6) is 0 Å².